The van der Waals surface area contributed by atoms with Gasteiger partial charge in [-0.05, 0) is 39.8 Å². The smallest absolute Gasteiger partial charge is 0.410 e. The van der Waals surface area contributed by atoms with Crippen molar-refractivity contribution >= 4 is 29.5 Å². The first-order valence-corrected chi connectivity index (χ1v) is 12.3. The quantitative estimate of drug-likeness (QED) is 0.478. The number of halogens is 1. The van der Waals surface area contributed by atoms with Crippen LogP contribution in [0.2, 0.25) is 0 Å². The van der Waals surface area contributed by atoms with Crippen LogP contribution in [-0.2, 0) is 4.74 Å². The number of nitrogens with one attached hydrogen (secondary N) is 1. The molecule has 0 bridgehead atoms. The Kier molecular flexibility index (Phi) is 7.79. The molecule has 206 valence electrons. The predicted molar refractivity (Wildman–Crippen MR) is 142 cm³/mol. The first-order chi connectivity index (χ1) is 18.5. The Hall–Kier alpha value is -4.55. The van der Waals surface area contributed by atoms with Gasteiger partial charge in [-0.2, -0.15) is 4.98 Å². The van der Waals surface area contributed by atoms with E-state index in [1.165, 1.54) is 13.3 Å². The Bertz CT molecular complexity index is 1360. The van der Waals surface area contributed by atoms with Crippen molar-refractivity contribution in [3.05, 3.63) is 48.2 Å². The number of ether oxygens (including phenoxy) is 2. The van der Waals surface area contributed by atoms with Crippen molar-refractivity contribution in [1.82, 2.24) is 24.8 Å². The summed E-state index contributed by atoms with van der Waals surface area (Å²) in [5, 5.41) is 3.12. The van der Waals surface area contributed by atoms with Gasteiger partial charge in [-0.15, -0.1) is 0 Å². The summed E-state index contributed by atoms with van der Waals surface area (Å²) >= 11 is 0. The fourth-order valence-corrected chi connectivity index (χ4v) is 4.14. The SMILES string of the molecule is COc1c(Nc2nc(N3CCN(C(=O)OC(C)(C)C)CC3C)ncc2C(N)=O)cccc1-c1ncc(F)cn1. The van der Waals surface area contributed by atoms with Gasteiger partial charge < -0.3 is 30.3 Å². The number of nitrogens with zero attached hydrogens (tertiary/aromatic N) is 6. The topological polar surface area (TPSA) is 149 Å². The standard InChI is InChI=1S/C26H31FN8O4/c1-15-14-34(25(37)39-26(2,3)4)9-10-35(15)24-31-13-18(21(28)36)23(33-24)32-19-8-6-7-17(20(19)38-5)22-29-11-16(27)12-30-22/h6-8,11-13,15H,9-10,14H2,1-5H3,(H2,28,36)(H,31,32,33). The van der Waals surface area contributed by atoms with Crippen LogP contribution in [0.15, 0.2) is 36.8 Å². The van der Waals surface area contributed by atoms with Gasteiger partial charge in [0.05, 0.1) is 30.8 Å². The van der Waals surface area contributed by atoms with E-state index in [-0.39, 0.29) is 29.3 Å². The number of primary amides is 1. The number of carbonyl (C=O) groups excluding carboxylic acids is 2. The van der Waals surface area contributed by atoms with Crippen molar-refractivity contribution in [2.45, 2.75) is 39.3 Å². The second kappa shape index (κ2) is 11.1. The van der Waals surface area contributed by atoms with Gasteiger partial charge in [-0.1, -0.05) is 6.07 Å². The van der Waals surface area contributed by atoms with Crippen LogP contribution >= 0.6 is 0 Å². The Morgan fingerprint density at radius 2 is 1.85 bits per heavy atom. The number of nitrogens with two attached hydrogens (primary N) is 1. The first kappa shape index (κ1) is 27.5. The summed E-state index contributed by atoms with van der Waals surface area (Å²) in [5.41, 5.74) is 6.06. The van der Waals surface area contributed by atoms with Gasteiger partial charge in [-0.3, -0.25) is 4.79 Å². The zero-order chi connectivity index (χ0) is 28.3. The minimum atomic E-state index is -0.719. The van der Waals surface area contributed by atoms with Gasteiger partial charge in [0.1, 0.15) is 17.0 Å². The molecule has 3 N–H and O–H groups in total. The minimum Gasteiger partial charge on any atom is -0.494 e. The molecule has 12 nitrogen and oxygen atoms in total. The van der Waals surface area contributed by atoms with E-state index in [4.69, 9.17) is 15.2 Å². The van der Waals surface area contributed by atoms with Gasteiger partial charge >= 0.3 is 6.09 Å². The molecule has 1 aromatic carbocycles. The third-order valence-corrected chi connectivity index (χ3v) is 5.91. The second-order valence-corrected chi connectivity index (χ2v) is 10.0. The van der Waals surface area contributed by atoms with Gasteiger partial charge in [0.2, 0.25) is 5.95 Å². The fraction of sp³-hybridized carbons (Fsp3) is 0.385. The summed E-state index contributed by atoms with van der Waals surface area (Å²) in [5.74, 6) is -0.136. The molecule has 4 rings (SSSR count). The number of rotatable bonds is 6. The molecule has 1 saturated heterocycles. The highest BCUT2D eigenvalue weighted by Gasteiger charge is 2.31. The molecular formula is C26H31FN8O4. The van der Waals surface area contributed by atoms with Gasteiger partial charge in [-0.25, -0.2) is 24.1 Å². The number of methoxy groups -OCH3 is 1. The predicted octanol–water partition coefficient (Wildman–Crippen LogP) is 3.37. The summed E-state index contributed by atoms with van der Waals surface area (Å²) in [7, 11) is 1.47. The summed E-state index contributed by atoms with van der Waals surface area (Å²) in [4.78, 5) is 45.4. The molecule has 39 heavy (non-hydrogen) atoms. The number of piperazine rings is 1. The molecule has 0 aliphatic carbocycles. The van der Waals surface area contributed by atoms with E-state index in [1.54, 1.807) is 23.1 Å². The van der Waals surface area contributed by atoms with Gasteiger partial charge in [0, 0.05) is 31.9 Å². The van der Waals surface area contributed by atoms with Crippen LogP contribution in [0, 0.1) is 5.82 Å². The number of aromatic nitrogens is 4. The van der Waals surface area contributed by atoms with E-state index in [0.29, 0.717) is 42.6 Å². The van der Waals surface area contributed by atoms with E-state index in [0.717, 1.165) is 12.4 Å². The minimum absolute atomic E-state index is 0.0734. The molecule has 3 aromatic rings. The second-order valence-electron chi connectivity index (χ2n) is 10.0. The van der Waals surface area contributed by atoms with Crippen molar-refractivity contribution in [2.75, 3.05) is 37.0 Å². The summed E-state index contributed by atoms with van der Waals surface area (Å²) in [6, 6.07) is 5.05. The van der Waals surface area contributed by atoms with Crippen LogP contribution in [0.1, 0.15) is 38.1 Å². The summed E-state index contributed by atoms with van der Waals surface area (Å²) in [6.07, 6.45) is 3.11. The Labute approximate surface area is 225 Å². The number of carbonyl (C=O) groups is 2. The van der Waals surface area contributed by atoms with Crippen molar-refractivity contribution in [2.24, 2.45) is 5.73 Å². The third kappa shape index (κ3) is 6.30. The van der Waals surface area contributed by atoms with Crippen LogP contribution in [0.4, 0.5) is 26.6 Å². The van der Waals surface area contributed by atoms with E-state index in [9.17, 15) is 14.0 Å². The molecule has 1 aliphatic rings. The Morgan fingerprint density at radius 3 is 2.46 bits per heavy atom. The summed E-state index contributed by atoms with van der Waals surface area (Å²) in [6.45, 7) is 8.70. The zero-order valence-electron chi connectivity index (χ0n) is 22.4. The lowest BCUT2D eigenvalue weighted by atomic mass is 10.1. The molecule has 0 saturated carbocycles. The third-order valence-electron chi connectivity index (χ3n) is 5.91. The van der Waals surface area contributed by atoms with Crippen LogP contribution in [0.5, 0.6) is 5.75 Å². The lowest BCUT2D eigenvalue weighted by Crippen LogP contribution is -2.55. The van der Waals surface area contributed by atoms with Crippen molar-refractivity contribution < 1.29 is 23.5 Å². The van der Waals surface area contributed by atoms with Gasteiger partial charge in [0.15, 0.2) is 17.4 Å². The van der Waals surface area contributed by atoms with Crippen molar-refractivity contribution in [3.63, 3.8) is 0 Å². The van der Waals surface area contributed by atoms with E-state index in [1.807, 2.05) is 32.6 Å². The molecule has 1 fully saturated rings. The molecule has 1 atom stereocenters. The number of amides is 2. The summed E-state index contributed by atoms with van der Waals surface area (Å²) < 4.78 is 24.5. The molecule has 1 unspecified atom stereocenters. The molecule has 13 heteroatoms. The van der Waals surface area contributed by atoms with Crippen molar-refractivity contribution in [1.29, 1.82) is 0 Å². The van der Waals surface area contributed by atoms with Crippen molar-refractivity contribution in [3.8, 4) is 17.1 Å². The molecule has 2 aromatic heterocycles. The number of hydrogen-bond donors (Lipinski definition) is 2. The number of para-hydroxylation sites is 1. The normalized spacial score (nSPS) is 15.6. The first-order valence-electron chi connectivity index (χ1n) is 12.3. The maximum atomic E-state index is 13.4. The average molecular weight is 539 g/mol. The molecule has 0 spiro atoms. The maximum absolute atomic E-state index is 13.4. The maximum Gasteiger partial charge on any atom is 0.410 e. The molecule has 0 radical (unpaired) electrons. The van der Waals surface area contributed by atoms with Crippen LogP contribution in [-0.4, -0.2) is 75.2 Å². The fourth-order valence-electron chi connectivity index (χ4n) is 4.14. The zero-order valence-corrected chi connectivity index (χ0v) is 22.4. The van der Waals surface area contributed by atoms with Gasteiger partial charge in [0.25, 0.3) is 5.91 Å². The Balaban J connectivity index is 1.62. The average Bonchev–Trinajstić information content (AvgIpc) is 2.88. The number of anilines is 3. The van der Waals surface area contributed by atoms with E-state index >= 15 is 0 Å². The van der Waals surface area contributed by atoms with Crippen LogP contribution in [0.25, 0.3) is 11.4 Å². The molecule has 1 aliphatic heterocycles. The highest BCUT2D eigenvalue weighted by Crippen LogP contribution is 2.37. The highest BCUT2D eigenvalue weighted by molar-refractivity contribution is 5.98. The Morgan fingerprint density at radius 1 is 1.13 bits per heavy atom. The lowest BCUT2D eigenvalue weighted by Gasteiger charge is -2.40. The molecule has 2 amide bonds. The van der Waals surface area contributed by atoms with Crippen LogP contribution in [0.3, 0.4) is 0 Å². The van der Waals surface area contributed by atoms with E-state index < -0.39 is 17.3 Å². The van der Waals surface area contributed by atoms with E-state index in [2.05, 4.69) is 25.3 Å². The molecule has 3 heterocycles. The largest absolute Gasteiger partial charge is 0.494 e. The highest BCUT2D eigenvalue weighted by atomic mass is 19.1. The number of hydrogen-bond acceptors (Lipinski definition) is 10. The monoisotopic (exact) mass is 538 g/mol. The number of benzene rings is 1. The lowest BCUT2D eigenvalue weighted by molar-refractivity contribution is 0.0218. The molecular weight excluding hydrogens is 507 g/mol. The van der Waals surface area contributed by atoms with Crippen LogP contribution < -0.4 is 20.7 Å².